The second kappa shape index (κ2) is 7.06. The standard InChI is InChI=1S/C17H18ClN5O2/c1-10-6-11(2)23-15(21-22-17(23)20-10)9-19-16(24)8-12-7-13(18)4-5-14(12)25-3/h4-7H,8-9H2,1-3H3,(H,19,24). The van der Waals surface area contributed by atoms with E-state index >= 15 is 0 Å². The van der Waals surface area contributed by atoms with E-state index in [-0.39, 0.29) is 18.9 Å². The van der Waals surface area contributed by atoms with Crippen LogP contribution in [0, 0.1) is 13.8 Å². The summed E-state index contributed by atoms with van der Waals surface area (Å²) < 4.78 is 7.09. The van der Waals surface area contributed by atoms with Crippen LogP contribution in [0.25, 0.3) is 5.78 Å². The maximum absolute atomic E-state index is 12.3. The lowest BCUT2D eigenvalue weighted by molar-refractivity contribution is -0.120. The third-order valence-electron chi connectivity index (χ3n) is 3.80. The Labute approximate surface area is 150 Å². The molecule has 2 heterocycles. The SMILES string of the molecule is COc1ccc(Cl)cc1CC(=O)NCc1nnc2nc(C)cc(C)n12. The summed E-state index contributed by atoms with van der Waals surface area (Å²) in [6, 6.07) is 7.14. The number of hydrogen-bond acceptors (Lipinski definition) is 5. The first kappa shape index (κ1) is 17.2. The van der Waals surface area contributed by atoms with Crippen molar-refractivity contribution in [2.24, 2.45) is 0 Å². The van der Waals surface area contributed by atoms with Crippen molar-refractivity contribution in [3.05, 3.63) is 52.1 Å². The molecule has 0 unspecified atom stereocenters. The molecule has 25 heavy (non-hydrogen) atoms. The first-order chi connectivity index (χ1) is 12.0. The molecule has 0 aliphatic carbocycles. The van der Waals surface area contributed by atoms with Gasteiger partial charge in [-0.1, -0.05) is 11.6 Å². The number of rotatable bonds is 5. The largest absolute Gasteiger partial charge is 0.496 e. The zero-order valence-electron chi connectivity index (χ0n) is 14.2. The van der Waals surface area contributed by atoms with Gasteiger partial charge in [-0.25, -0.2) is 4.98 Å². The van der Waals surface area contributed by atoms with Crippen LogP contribution in [0.2, 0.25) is 5.02 Å². The summed E-state index contributed by atoms with van der Waals surface area (Å²) in [6.45, 7) is 4.11. The fourth-order valence-electron chi connectivity index (χ4n) is 2.71. The van der Waals surface area contributed by atoms with Gasteiger partial charge in [-0.3, -0.25) is 9.20 Å². The van der Waals surface area contributed by atoms with Gasteiger partial charge in [0.2, 0.25) is 5.91 Å². The highest BCUT2D eigenvalue weighted by atomic mass is 35.5. The number of hydrogen-bond donors (Lipinski definition) is 1. The average Bonchev–Trinajstić information content (AvgIpc) is 2.96. The first-order valence-corrected chi connectivity index (χ1v) is 8.13. The van der Waals surface area contributed by atoms with E-state index in [1.54, 1.807) is 25.3 Å². The molecule has 7 nitrogen and oxygen atoms in total. The first-order valence-electron chi connectivity index (χ1n) is 7.75. The maximum Gasteiger partial charge on any atom is 0.255 e. The fraction of sp³-hybridized carbons (Fsp3) is 0.294. The molecule has 0 radical (unpaired) electrons. The van der Waals surface area contributed by atoms with E-state index < -0.39 is 0 Å². The highest BCUT2D eigenvalue weighted by Gasteiger charge is 2.13. The quantitative estimate of drug-likeness (QED) is 0.755. The molecular formula is C17H18ClN5O2. The number of carbonyl (C=O) groups excluding carboxylic acids is 1. The molecule has 0 saturated carbocycles. The Bertz CT molecular complexity index is 938. The third-order valence-corrected chi connectivity index (χ3v) is 4.03. The van der Waals surface area contributed by atoms with Gasteiger partial charge in [0, 0.05) is 22.0 Å². The van der Waals surface area contributed by atoms with Gasteiger partial charge in [-0.2, -0.15) is 0 Å². The number of ether oxygens (including phenoxy) is 1. The van der Waals surface area contributed by atoms with Crippen LogP contribution < -0.4 is 10.1 Å². The molecule has 0 aliphatic rings. The van der Waals surface area contributed by atoms with Crippen molar-refractivity contribution >= 4 is 23.3 Å². The number of methoxy groups -OCH3 is 1. The van der Waals surface area contributed by atoms with Crippen molar-refractivity contribution in [1.29, 1.82) is 0 Å². The minimum atomic E-state index is -0.157. The van der Waals surface area contributed by atoms with Gasteiger partial charge in [0.15, 0.2) is 5.82 Å². The van der Waals surface area contributed by atoms with Gasteiger partial charge in [0.25, 0.3) is 5.78 Å². The number of amides is 1. The second-order valence-corrected chi connectivity index (χ2v) is 6.14. The molecule has 0 fully saturated rings. The average molecular weight is 360 g/mol. The molecule has 0 spiro atoms. The lowest BCUT2D eigenvalue weighted by Crippen LogP contribution is -2.26. The lowest BCUT2D eigenvalue weighted by Gasteiger charge is -2.09. The van der Waals surface area contributed by atoms with Crippen LogP contribution in [-0.2, 0) is 17.8 Å². The van der Waals surface area contributed by atoms with Crippen molar-refractivity contribution in [3.8, 4) is 5.75 Å². The van der Waals surface area contributed by atoms with E-state index in [0.29, 0.717) is 22.4 Å². The summed E-state index contributed by atoms with van der Waals surface area (Å²) in [5.41, 5.74) is 2.57. The Morgan fingerprint density at radius 1 is 1.28 bits per heavy atom. The fourth-order valence-corrected chi connectivity index (χ4v) is 2.91. The van der Waals surface area contributed by atoms with Crippen molar-refractivity contribution in [2.75, 3.05) is 7.11 Å². The van der Waals surface area contributed by atoms with Crippen molar-refractivity contribution in [1.82, 2.24) is 24.9 Å². The Balaban J connectivity index is 1.72. The summed E-state index contributed by atoms with van der Waals surface area (Å²) in [5.74, 6) is 1.63. The van der Waals surface area contributed by atoms with Crippen LogP contribution in [0.1, 0.15) is 22.8 Å². The zero-order chi connectivity index (χ0) is 18.0. The number of nitrogens with zero attached hydrogens (tertiary/aromatic N) is 4. The Morgan fingerprint density at radius 3 is 2.84 bits per heavy atom. The van der Waals surface area contributed by atoms with Crippen molar-refractivity contribution < 1.29 is 9.53 Å². The molecule has 0 saturated heterocycles. The summed E-state index contributed by atoms with van der Waals surface area (Å²) in [4.78, 5) is 16.6. The Hall–Kier alpha value is -2.67. The van der Waals surface area contributed by atoms with Gasteiger partial charge in [-0.05, 0) is 38.1 Å². The molecule has 8 heteroatoms. The van der Waals surface area contributed by atoms with Crippen LogP contribution in [0.15, 0.2) is 24.3 Å². The number of fused-ring (bicyclic) bond motifs is 1. The molecule has 0 atom stereocenters. The molecule has 1 aromatic carbocycles. The Kier molecular flexibility index (Phi) is 4.85. The van der Waals surface area contributed by atoms with Crippen molar-refractivity contribution in [3.63, 3.8) is 0 Å². The number of halogens is 1. The van der Waals surface area contributed by atoms with E-state index in [1.165, 1.54) is 0 Å². The van der Waals surface area contributed by atoms with E-state index in [9.17, 15) is 4.79 Å². The summed E-state index contributed by atoms with van der Waals surface area (Å²) >= 11 is 6.00. The maximum atomic E-state index is 12.3. The third kappa shape index (κ3) is 3.71. The molecule has 130 valence electrons. The smallest absolute Gasteiger partial charge is 0.255 e. The highest BCUT2D eigenvalue weighted by molar-refractivity contribution is 6.30. The molecule has 1 amide bonds. The molecule has 3 rings (SSSR count). The summed E-state index contributed by atoms with van der Waals surface area (Å²) in [6.07, 6.45) is 0.164. The van der Waals surface area contributed by atoms with Crippen LogP contribution in [0.3, 0.4) is 0 Å². The molecule has 3 aromatic rings. The minimum Gasteiger partial charge on any atom is -0.496 e. The van der Waals surface area contributed by atoms with Crippen LogP contribution in [0.4, 0.5) is 0 Å². The lowest BCUT2D eigenvalue weighted by atomic mass is 10.1. The Morgan fingerprint density at radius 2 is 2.08 bits per heavy atom. The van der Waals surface area contributed by atoms with Gasteiger partial charge in [-0.15, -0.1) is 10.2 Å². The molecule has 2 aromatic heterocycles. The summed E-state index contributed by atoms with van der Waals surface area (Å²) in [5, 5.41) is 11.6. The van der Waals surface area contributed by atoms with E-state index in [4.69, 9.17) is 16.3 Å². The zero-order valence-corrected chi connectivity index (χ0v) is 15.0. The molecule has 1 N–H and O–H groups in total. The van der Waals surface area contributed by atoms with E-state index in [1.807, 2.05) is 24.3 Å². The van der Waals surface area contributed by atoms with Gasteiger partial charge >= 0.3 is 0 Å². The van der Waals surface area contributed by atoms with Crippen molar-refractivity contribution in [2.45, 2.75) is 26.8 Å². The van der Waals surface area contributed by atoms with E-state index in [0.717, 1.165) is 17.0 Å². The number of aryl methyl sites for hydroxylation is 2. The van der Waals surface area contributed by atoms with Crippen LogP contribution in [-0.4, -0.2) is 32.6 Å². The van der Waals surface area contributed by atoms with Crippen LogP contribution >= 0.6 is 11.6 Å². The normalized spacial score (nSPS) is 10.9. The highest BCUT2D eigenvalue weighted by Crippen LogP contribution is 2.23. The molecule has 0 bridgehead atoms. The monoisotopic (exact) mass is 359 g/mol. The van der Waals surface area contributed by atoms with Crippen LogP contribution in [0.5, 0.6) is 5.75 Å². The molecular weight excluding hydrogens is 342 g/mol. The topological polar surface area (TPSA) is 81.4 Å². The van der Waals surface area contributed by atoms with E-state index in [2.05, 4.69) is 20.5 Å². The number of benzene rings is 1. The number of carbonyl (C=O) groups is 1. The van der Waals surface area contributed by atoms with Gasteiger partial charge in [0.05, 0.1) is 20.1 Å². The second-order valence-electron chi connectivity index (χ2n) is 5.70. The summed E-state index contributed by atoms with van der Waals surface area (Å²) in [7, 11) is 1.56. The molecule has 0 aliphatic heterocycles. The van der Waals surface area contributed by atoms with Gasteiger partial charge in [0.1, 0.15) is 5.75 Å². The minimum absolute atomic E-state index is 0.157. The number of nitrogens with one attached hydrogen (secondary N) is 1. The number of aromatic nitrogens is 4. The predicted octanol–water partition coefficient (Wildman–Crippen LogP) is 2.26. The van der Waals surface area contributed by atoms with Gasteiger partial charge < -0.3 is 10.1 Å². The predicted molar refractivity (Wildman–Crippen MR) is 93.8 cm³/mol.